The Kier molecular flexibility index (Phi) is 7.08. The van der Waals surface area contributed by atoms with E-state index in [9.17, 15) is 14.9 Å². The van der Waals surface area contributed by atoms with Gasteiger partial charge >= 0.3 is 0 Å². The summed E-state index contributed by atoms with van der Waals surface area (Å²) in [6.45, 7) is 4.81. The number of carbonyl (C=O) groups is 1. The lowest BCUT2D eigenvalue weighted by Gasteiger charge is -2.15. The zero-order chi connectivity index (χ0) is 22.4. The van der Waals surface area contributed by atoms with Crippen LogP contribution in [0.25, 0.3) is 0 Å². The molecule has 2 aromatic heterocycles. The number of H-pyrrole nitrogens is 1. The summed E-state index contributed by atoms with van der Waals surface area (Å²) in [5.74, 6) is 0.339. The number of hydrogen-bond donors (Lipinski definition) is 3. The molecule has 0 spiro atoms. The lowest BCUT2D eigenvalue weighted by atomic mass is 10.1. The van der Waals surface area contributed by atoms with E-state index in [1.54, 1.807) is 18.3 Å². The second kappa shape index (κ2) is 9.94. The van der Waals surface area contributed by atoms with E-state index in [4.69, 9.17) is 12.2 Å². The average molecular weight is 442 g/mol. The molecule has 0 aliphatic carbocycles. The number of nitrogens with one attached hydrogen (secondary N) is 3. The van der Waals surface area contributed by atoms with Crippen molar-refractivity contribution in [3.8, 4) is 0 Å². The maximum absolute atomic E-state index is 12.5. The maximum atomic E-state index is 12.5. The van der Waals surface area contributed by atoms with Crippen molar-refractivity contribution in [3.05, 3.63) is 74.6 Å². The van der Waals surface area contributed by atoms with Gasteiger partial charge in [0.25, 0.3) is 11.6 Å². The first-order chi connectivity index (χ1) is 14.9. The Morgan fingerprint density at radius 3 is 2.84 bits per heavy atom. The van der Waals surface area contributed by atoms with Gasteiger partial charge in [0.1, 0.15) is 11.5 Å². The summed E-state index contributed by atoms with van der Waals surface area (Å²) in [5.41, 5.74) is 1.10. The quantitative estimate of drug-likeness (QED) is 0.263. The molecule has 2 heterocycles. The van der Waals surface area contributed by atoms with Gasteiger partial charge in [-0.2, -0.15) is 5.10 Å². The lowest BCUT2D eigenvalue weighted by Crippen LogP contribution is -2.26. The molecule has 11 heteroatoms. The first kappa shape index (κ1) is 22.1. The molecule has 31 heavy (non-hydrogen) atoms. The Morgan fingerprint density at radius 2 is 2.16 bits per heavy atom. The van der Waals surface area contributed by atoms with Gasteiger partial charge in [0.15, 0.2) is 4.77 Å². The van der Waals surface area contributed by atoms with E-state index in [2.05, 4.69) is 25.8 Å². The van der Waals surface area contributed by atoms with Gasteiger partial charge in [-0.05, 0) is 50.3 Å². The molecule has 0 saturated heterocycles. The van der Waals surface area contributed by atoms with Crippen LogP contribution in [0.4, 0.5) is 11.4 Å². The zero-order valence-electron chi connectivity index (χ0n) is 17.2. The second-order valence-electron chi connectivity index (χ2n) is 6.80. The summed E-state index contributed by atoms with van der Waals surface area (Å²) >= 11 is 5.15. The highest BCUT2D eigenvalue weighted by Gasteiger charge is 2.19. The number of pyridine rings is 1. The van der Waals surface area contributed by atoms with Crippen LogP contribution >= 0.6 is 12.2 Å². The van der Waals surface area contributed by atoms with Crippen molar-refractivity contribution in [1.29, 1.82) is 0 Å². The third-order valence-electron chi connectivity index (χ3n) is 4.75. The van der Waals surface area contributed by atoms with Crippen molar-refractivity contribution < 1.29 is 9.72 Å². The number of amides is 1. The summed E-state index contributed by atoms with van der Waals surface area (Å²) < 4.78 is 2.37. The van der Waals surface area contributed by atoms with Gasteiger partial charge in [-0.15, -0.1) is 0 Å². The van der Waals surface area contributed by atoms with Crippen molar-refractivity contribution in [3.63, 3.8) is 0 Å². The highest BCUT2D eigenvalue weighted by atomic mass is 32.1. The number of nitro groups is 1. The van der Waals surface area contributed by atoms with Crippen LogP contribution in [-0.2, 0) is 13.0 Å². The Balaban J connectivity index is 1.68. The summed E-state index contributed by atoms with van der Waals surface area (Å²) in [7, 11) is 0. The molecule has 1 amide bonds. The largest absolute Gasteiger partial charge is 0.371 e. The smallest absolute Gasteiger partial charge is 0.293 e. The number of hydrogen-bond acceptors (Lipinski definition) is 7. The van der Waals surface area contributed by atoms with Gasteiger partial charge in [0, 0.05) is 37.3 Å². The van der Waals surface area contributed by atoms with Crippen LogP contribution < -0.4 is 10.6 Å². The van der Waals surface area contributed by atoms with Crippen molar-refractivity contribution in [2.75, 3.05) is 11.9 Å². The van der Waals surface area contributed by atoms with E-state index in [0.29, 0.717) is 30.0 Å². The van der Waals surface area contributed by atoms with Crippen LogP contribution in [0.1, 0.15) is 41.8 Å². The third kappa shape index (κ3) is 5.31. The number of nitrogens with zero attached hydrogens (tertiary/aromatic N) is 4. The van der Waals surface area contributed by atoms with Crippen LogP contribution in [0.2, 0.25) is 0 Å². The predicted octanol–water partition coefficient (Wildman–Crippen LogP) is 3.41. The summed E-state index contributed by atoms with van der Waals surface area (Å²) in [6, 6.07) is 9.60. The Morgan fingerprint density at radius 1 is 1.35 bits per heavy atom. The fourth-order valence-corrected chi connectivity index (χ4v) is 3.42. The second-order valence-corrected chi connectivity index (χ2v) is 7.19. The van der Waals surface area contributed by atoms with Crippen molar-refractivity contribution in [2.24, 2.45) is 0 Å². The SMILES string of the molecule is CCn1c(CCNC(=O)c2ccc(NC(C)c3ccccn3)c([N+](=O)[O-])c2)n[nH]c1=S. The average Bonchev–Trinajstić information content (AvgIpc) is 3.13. The number of aromatic nitrogens is 4. The Hall–Kier alpha value is -3.60. The van der Waals surface area contributed by atoms with Gasteiger partial charge in [0.2, 0.25) is 0 Å². The maximum Gasteiger partial charge on any atom is 0.293 e. The minimum absolute atomic E-state index is 0.178. The highest BCUT2D eigenvalue weighted by Crippen LogP contribution is 2.28. The number of aromatic amines is 1. The molecule has 0 radical (unpaired) electrons. The summed E-state index contributed by atoms with van der Waals surface area (Å²) in [6.07, 6.45) is 2.14. The third-order valence-corrected chi connectivity index (χ3v) is 5.06. The first-order valence-electron chi connectivity index (χ1n) is 9.79. The number of benzene rings is 1. The summed E-state index contributed by atoms with van der Waals surface area (Å²) in [4.78, 5) is 27.8. The van der Waals surface area contributed by atoms with Crippen LogP contribution in [-0.4, -0.2) is 37.1 Å². The van der Waals surface area contributed by atoms with E-state index >= 15 is 0 Å². The van der Waals surface area contributed by atoms with Crippen molar-refractivity contribution >= 4 is 29.5 Å². The number of anilines is 1. The molecule has 1 aromatic carbocycles. The van der Waals surface area contributed by atoms with Crippen LogP contribution in [0.5, 0.6) is 0 Å². The zero-order valence-corrected chi connectivity index (χ0v) is 18.0. The van der Waals surface area contributed by atoms with Crippen LogP contribution in [0, 0.1) is 14.9 Å². The molecule has 3 rings (SSSR count). The molecule has 0 saturated carbocycles. The molecule has 0 aliphatic heterocycles. The fourth-order valence-electron chi connectivity index (χ4n) is 3.14. The van der Waals surface area contributed by atoms with Gasteiger partial charge < -0.3 is 15.2 Å². The first-order valence-corrected chi connectivity index (χ1v) is 10.2. The van der Waals surface area contributed by atoms with Gasteiger partial charge in [-0.25, -0.2) is 0 Å². The minimum Gasteiger partial charge on any atom is -0.371 e. The van der Waals surface area contributed by atoms with Crippen LogP contribution in [0.15, 0.2) is 42.6 Å². The van der Waals surface area contributed by atoms with E-state index < -0.39 is 10.8 Å². The lowest BCUT2D eigenvalue weighted by molar-refractivity contribution is -0.384. The van der Waals surface area contributed by atoms with E-state index in [1.807, 2.05) is 30.5 Å². The predicted molar refractivity (Wildman–Crippen MR) is 118 cm³/mol. The molecule has 0 fully saturated rings. The monoisotopic (exact) mass is 441 g/mol. The topological polar surface area (TPSA) is 131 Å². The van der Waals surface area contributed by atoms with Gasteiger partial charge in [0.05, 0.1) is 16.7 Å². The molecule has 1 unspecified atom stereocenters. The fraction of sp³-hybridized carbons (Fsp3) is 0.300. The Bertz CT molecular complexity index is 1130. The van der Waals surface area contributed by atoms with Gasteiger partial charge in [-0.3, -0.25) is 25.0 Å². The van der Waals surface area contributed by atoms with Crippen molar-refractivity contribution in [2.45, 2.75) is 32.9 Å². The normalized spacial score (nSPS) is 11.7. The molecule has 1 atom stereocenters. The number of carbonyl (C=O) groups excluding carboxylic acids is 1. The van der Waals surface area contributed by atoms with Crippen LogP contribution in [0.3, 0.4) is 0 Å². The van der Waals surface area contributed by atoms with E-state index in [1.165, 1.54) is 12.1 Å². The van der Waals surface area contributed by atoms with E-state index in [0.717, 1.165) is 11.5 Å². The molecular weight excluding hydrogens is 418 g/mol. The van der Waals surface area contributed by atoms with E-state index in [-0.39, 0.29) is 17.3 Å². The molecule has 3 aromatic rings. The molecule has 0 bridgehead atoms. The highest BCUT2D eigenvalue weighted by molar-refractivity contribution is 7.71. The molecular formula is C20H23N7O3S. The standard InChI is InChI=1S/C20H23N7O3S/c1-3-26-18(24-25-20(26)31)9-11-22-19(28)14-7-8-16(17(12-14)27(29)30)23-13(2)15-6-4-5-10-21-15/h4-8,10,12-13,23H,3,9,11H2,1-2H3,(H,22,28)(H,25,31). The molecule has 162 valence electrons. The number of rotatable bonds is 9. The molecule has 0 aliphatic rings. The molecule has 10 nitrogen and oxygen atoms in total. The molecule has 3 N–H and O–H groups in total. The Labute approximate surface area is 183 Å². The van der Waals surface area contributed by atoms with Gasteiger partial charge in [-0.1, -0.05) is 6.07 Å². The van der Waals surface area contributed by atoms with Crippen molar-refractivity contribution in [1.82, 2.24) is 25.1 Å². The summed E-state index contributed by atoms with van der Waals surface area (Å²) in [5, 5.41) is 24.3. The number of nitro benzene ring substituents is 1. The minimum atomic E-state index is -0.511.